The Labute approximate surface area is 553 Å². The molecule has 0 spiro atoms. The third-order valence-corrected chi connectivity index (χ3v) is 16.6. The van der Waals surface area contributed by atoms with Gasteiger partial charge in [0.1, 0.15) is 31.1 Å². The summed E-state index contributed by atoms with van der Waals surface area (Å²) >= 11 is 1.56. The number of anilines is 2. The summed E-state index contributed by atoms with van der Waals surface area (Å²) in [5.41, 5.74) is 8.51. The average molecular weight is 1320 g/mol. The Balaban J connectivity index is 0.670. The number of hydrogen-bond acceptors (Lipinski definition) is 20. The van der Waals surface area contributed by atoms with E-state index in [9.17, 15) is 38.7 Å². The highest BCUT2D eigenvalue weighted by Crippen LogP contribution is 2.32. The maximum absolute atomic E-state index is 14.0. The van der Waals surface area contributed by atoms with E-state index < -0.39 is 41.3 Å². The van der Waals surface area contributed by atoms with Gasteiger partial charge in [0, 0.05) is 112 Å². The fourth-order valence-electron chi connectivity index (χ4n) is 10.7. The number of carbonyl (C=O) groups excluding carboxylic acids is 6. The van der Waals surface area contributed by atoms with Gasteiger partial charge in [0.15, 0.2) is 0 Å². The van der Waals surface area contributed by atoms with Crippen LogP contribution in [0.5, 0.6) is 0 Å². The van der Waals surface area contributed by atoms with Crippen LogP contribution < -0.4 is 37.0 Å². The molecule has 94 heavy (non-hydrogen) atoms. The Morgan fingerprint density at radius 1 is 0.755 bits per heavy atom. The molecule has 8 N–H and O–H groups in total. The molecule has 5 aromatic rings. The smallest absolute Gasteiger partial charge is 0.253 e. The predicted molar refractivity (Wildman–Crippen MR) is 357 cm³/mol. The minimum absolute atomic E-state index is 0.00708. The maximum Gasteiger partial charge on any atom is 0.253 e. The molecule has 2 saturated heterocycles. The van der Waals surface area contributed by atoms with Crippen LogP contribution in [0.2, 0.25) is 0 Å². The van der Waals surface area contributed by atoms with Crippen LogP contribution in [0.15, 0.2) is 71.1 Å². The molecule has 27 heteroatoms. The van der Waals surface area contributed by atoms with E-state index in [1.54, 1.807) is 40.9 Å². The fraction of sp³-hybridized carbons (Fsp3) is 0.522. The quantitative estimate of drug-likeness (QED) is 0.0205. The van der Waals surface area contributed by atoms with Gasteiger partial charge in [0.05, 0.1) is 93.8 Å². The number of aliphatic hydroxyl groups excluding tert-OH is 1. The summed E-state index contributed by atoms with van der Waals surface area (Å²) in [4.78, 5) is 110. The van der Waals surface area contributed by atoms with Crippen molar-refractivity contribution in [2.45, 2.75) is 106 Å². The topological polar surface area (TPSA) is 330 Å². The molecule has 0 bridgehead atoms. The Kier molecular flexibility index (Phi) is 28.6. The molecule has 0 saturated carbocycles. The van der Waals surface area contributed by atoms with Gasteiger partial charge in [-0.2, -0.15) is 0 Å². The van der Waals surface area contributed by atoms with Crippen molar-refractivity contribution in [3.63, 3.8) is 0 Å². The number of likely N-dealkylation sites (tertiary alicyclic amines) is 1. The molecule has 3 atom stereocenters. The number of aromatic amines is 1. The number of aliphatic hydroxyl groups is 1. The van der Waals surface area contributed by atoms with Gasteiger partial charge in [-0.3, -0.25) is 33.6 Å². The number of ether oxygens (including phenoxy) is 6. The molecule has 2 aliphatic heterocycles. The van der Waals surface area contributed by atoms with Crippen molar-refractivity contribution < 1.29 is 62.3 Å². The molecule has 2 fully saturated rings. The number of β-amino-alcohol motifs (C(OH)–C–C–N with tert-alkyl or cyclic N) is 1. The van der Waals surface area contributed by atoms with Crippen LogP contribution in [0.3, 0.4) is 0 Å². The van der Waals surface area contributed by atoms with Crippen LogP contribution >= 0.6 is 11.3 Å². The number of hydrogen-bond donors (Lipinski definition) is 8. The first-order valence-electron chi connectivity index (χ1n) is 31.8. The summed E-state index contributed by atoms with van der Waals surface area (Å²) in [7, 11) is 0. The molecule has 0 unspecified atom stereocenters. The summed E-state index contributed by atoms with van der Waals surface area (Å²) in [5, 5.41) is 33.5. The summed E-state index contributed by atoms with van der Waals surface area (Å²) in [6.45, 7) is 19.7. The van der Waals surface area contributed by atoms with Crippen LogP contribution in [0, 0.1) is 31.6 Å². The second-order valence-corrected chi connectivity index (χ2v) is 25.3. The van der Waals surface area contributed by atoms with Crippen LogP contribution in [-0.4, -0.2) is 214 Å². The fourth-order valence-corrected chi connectivity index (χ4v) is 11.5. The number of carbonyl (C=O) groups is 6. The number of aromatic nitrogens is 3. The van der Waals surface area contributed by atoms with E-state index in [-0.39, 0.29) is 153 Å². The standard InChI is InChI=1S/C67H92N12O14S/c1-43(2)74-55-33-50(32-52(53(55)35-68)63(84)72-38-54-44(3)31-45(4)75-64(54)85)49-13-14-57(70-37-49)77-17-19-78(20-18-77)60(83)41-93-30-28-91-27-29-92-40-59(82)69-16-22-89-24-26-90-25-23-88-21-15-58(81)76-62(67(6,7)8)66(87)79-39-51(80)34-56(79)65(86)71-36-47-9-11-48(12-10-47)61-46(5)73-42-94-61/h9-14,31-33,35,37,42-43,51,56,62,68,74,80H,15-30,34,36,38-41H2,1-8H3,(H,69,82)(H,71,86)(H,72,84)(H,75,85)(H,76,81)/t51-,56+,62-/m1/s1. The molecule has 2 aliphatic rings. The van der Waals surface area contributed by atoms with Crippen molar-refractivity contribution in [2.24, 2.45) is 5.41 Å². The zero-order chi connectivity index (χ0) is 67.7. The first-order valence-corrected chi connectivity index (χ1v) is 32.7. The van der Waals surface area contributed by atoms with Crippen LogP contribution in [0.25, 0.3) is 21.6 Å². The van der Waals surface area contributed by atoms with E-state index in [0.717, 1.165) is 56.1 Å². The van der Waals surface area contributed by atoms with Gasteiger partial charge in [-0.1, -0.05) is 45.0 Å². The van der Waals surface area contributed by atoms with Gasteiger partial charge in [0.2, 0.25) is 29.5 Å². The summed E-state index contributed by atoms with van der Waals surface area (Å²) < 4.78 is 33.2. The lowest BCUT2D eigenvalue weighted by Crippen LogP contribution is -2.57. The maximum atomic E-state index is 14.0. The number of nitrogens with one attached hydrogen (secondary N) is 7. The highest BCUT2D eigenvalue weighted by Gasteiger charge is 2.44. The zero-order valence-corrected chi connectivity index (χ0v) is 56.0. The molecule has 6 amide bonds. The minimum Gasteiger partial charge on any atom is -0.391 e. The van der Waals surface area contributed by atoms with E-state index in [2.05, 4.69) is 41.5 Å². The number of rotatable bonds is 36. The van der Waals surface area contributed by atoms with E-state index in [4.69, 9.17) is 38.8 Å². The van der Waals surface area contributed by atoms with Crippen molar-refractivity contribution >= 4 is 64.5 Å². The van der Waals surface area contributed by atoms with E-state index in [1.165, 1.54) is 4.90 Å². The van der Waals surface area contributed by atoms with Gasteiger partial charge in [0.25, 0.3) is 11.5 Å². The molecule has 2 aromatic carbocycles. The Bertz CT molecular complexity index is 3380. The molecule has 5 heterocycles. The number of piperazine rings is 1. The normalized spacial score (nSPS) is 15.2. The molecule has 0 aliphatic carbocycles. The zero-order valence-electron chi connectivity index (χ0n) is 55.2. The highest BCUT2D eigenvalue weighted by atomic mass is 32.1. The van der Waals surface area contributed by atoms with Crippen molar-refractivity contribution in [2.75, 3.05) is 129 Å². The number of H-pyrrole nitrogens is 1. The monoisotopic (exact) mass is 1320 g/mol. The third kappa shape index (κ3) is 22.3. The molecule has 510 valence electrons. The van der Waals surface area contributed by atoms with Crippen molar-refractivity contribution in [1.29, 1.82) is 5.41 Å². The number of nitrogens with zero attached hydrogens (tertiary/aromatic N) is 5. The lowest BCUT2D eigenvalue weighted by Gasteiger charge is -2.35. The molecule has 0 radical (unpaired) electrons. The predicted octanol–water partition coefficient (Wildman–Crippen LogP) is 4.30. The first-order chi connectivity index (χ1) is 45.1. The second-order valence-electron chi connectivity index (χ2n) is 24.4. The third-order valence-electron chi connectivity index (χ3n) is 15.7. The Morgan fingerprint density at radius 2 is 1.40 bits per heavy atom. The Morgan fingerprint density at radius 3 is 2.02 bits per heavy atom. The molecule has 26 nitrogen and oxygen atoms in total. The van der Waals surface area contributed by atoms with Crippen LogP contribution in [0.4, 0.5) is 11.5 Å². The average Bonchev–Trinajstić information content (AvgIpc) is 1.26. The number of benzene rings is 2. The van der Waals surface area contributed by atoms with Crippen molar-refractivity contribution in [1.82, 2.24) is 46.0 Å². The highest BCUT2D eigenvalue weighted by molar-refractivity contribution is 7.13. The number of aryl methyl sites for hydroxylation is 3. The summed E-state index contributed by atoms with van der Waals surface area (Å²) in [6, 6.07) is 15.3. The summed E-state index contributed by atoms with van der Waals surface area (Å²) in [6.07, 6.45) is 2.09. The molecule has 7 rings (SSSR count). The number of pyridine rings is 2. The first kappa shape index (κ1) is 73.4. The molecule has 3 aromatic heterocycles. The van der Waals surface area contributed by atoms with Crippen LogP contribution in [0.1, 0.15) is 91.5 Å². The minimum atomic E-state index is -0.957. The molecular weight excluding hydrogens is 1230 g/mol. The number of amides is 6. The summed E-state index contributed by atoms with van der Waals surface area (Å²) in [5.74, 6) is -1.32. The van der Waals surface area contributed by atoms with Crippen LogP contribution in [-0.2, 0) is 65.5 Å². The van der Waals surface area contributed by atoms with Gasteiger partial charge in [-0.05, 0) is 92.6 Å². The van der Waals surface area contributed by atoms with Gasteiger partial charge in [-0.15, -0.1) is 11.3 Å². The van der Waals surface area contributed by atoms with E-state index in [1.807, 2.05) is 97.0 Å². The number of thiazole rings is 1. The van der Waals surface area contributed by atoms with E-state index in [0.29, 0.717) is 43.0 Å². The SMILES string of the molecule is Cc1cc(C)c(CNC(=O)c2cc(-c3ccc(N4CCN(C(=O)COCCOCCOCC(=O)NCCOCCOCCOCCC(=O)N[C@H](C(=O)N5C[C@H](O)C[C@H]5C(=O)NCc5ccc(-c6scnc6C)cc5)C(C)(C)C)CC4)nc3)cc(NC(C)C)c2C=N)c(=O)[nH]1. The second kappa shape index (κ2) is 36.6. The van der Waals surface area contributed by atoms with Gasteiger partial charge in [-0.25, -0.2) is 9.97 Å². The Hall–Kier alpha value is -8.02. The van der Waals surface area contributed by atoms with E-state index >= 15 is 0 Å². The van der Waals surface area contributed by atoms with Gasteiger partial charge >= 0.3 is 0 Å². The lowest BCUT2D eigenvalue weighted by atomic mass is 9.85. The van der Waals surface area contributed by atoms with Gasteiger partial charge < -0.3 is 85.2 Å². The molecular formula is C67H92N12O14S. The largest absolute Gasteiger partial charge is 0.391 e. The lowest BCUT2D eigenvalue weighted by molar-refractivity contribution is -0.144. The van der Waals surface area contributed by atoms with Crippen molar-refractivity contribution in [3.8, 4) is 21.6 Å². The van der Waals surface area contributed by atoms with Crippen molar-refractivity contribution in [3.05, 3.63) is 116 Å².